The van der Waals surface area contributed by atoms with Crippen LogP contribution < -0.4 is 3.27 Å². The molecule has 0 heterocycles. The summed E-state index contributed by atoms with van der Waals surface area (Å²) in [4.78, 5) is 0. The van der Waals surface area contributed by atoms with E-state index in [0.29, 0.717) is 5.92 Å². The summed E-state index contributed by atoms with van der Waals surface area (Å²) in [5.41, 5.74) is 15.9. The molecule has 4 aromatic rings. The van der Waals surface area contributed by atoms with Crippen LogP contribution in [0.2, 0.25) is 0 Å². The number of allylic oxidation sites excluding steroid dienone is 4. The van der Waals surface area contributed by atoms with Gasteiger partial charge in [0.05, 0.1) is 0 Å². The molecule has 2 aliphatic carbocycles. The molecule has 44 heavy (non-hydrogen) atoms. The van der Waals surface area contributed by atoms with Gasteiger partial charge in [-0.1, -0.05) is 0 Å². The fraction of sp³-hybridized carbons (Fsp3) is 0.326. The third-order valence-electron chi connectivity index (χ3n) is 9.62. The molecule has 0 amide bonds. The van der Waals surface area contributed by atoms with Gasteiger partial charge < -0.3 is 0 Å². The van der Waals surface area contributed by atoms with E-state index in [-0.39, 0.29) is 10.8 Å². The zero-order valence-corrected chi connectivity index (χ0v) is 30.9. The van der Waals surface area contributed by atoms with Crippen LogP contribution in [0.5, 0.6) is 0 Å². The van der Waals surface area contributed by atoms with E-state index in [0.717, 1.165) is 6.42 Å². The predicted octanol–water partition coefficient (Wildman–Crippen LogP) is 10.5. The molecule has 0 fully saturated rings. The Morgan fingerprint density at radius 3 is 1.70 bits per heavy atom. The van der Waals surface area contributed by atoms with E-state index >= 15 is 0 Å². The van der Waals surface area contributed by atoms with E-state index in [4.69, 9.17) is 0 Å². The maximum absolute atomic E-state index is 2.80. The Bertz CT molecular complexity index is 1800. The minimum absolute atomic E-state index is 0.0557. The molecule has 0 aromatic heterocycles. The third-order valence-corrected chi connectivity index (χ3v) is 17.6. The molecule has 0 bridgehead atoms. The molecule has 1 heteroatoms. The van der Waals surface area contributed by atoms with Crippen molar-refractivity contribution >= 4 is 6.48 Å². The van der Waals surface area contributed by atoms with Crippen molar-refractivity contribution in [2.75, 3.05) is 0 Å². The average molecular weight is 656 g/mol. The Labute approximate surface area is 274 Å². The van der Waals surface area contributed by atoms with Crippen molar-refractivity contribution in [3.63, 3.8) is 0 Å². The first kappa shape index (κ1) is 31.1. The molecule has 0 nitrogen and oxygen atoms in total. The number of hydrogen-bond acceptors (Lipinski definition) is 0. The zero-order valence-electron chi connectivity index (χ0n) is 28.4. The molecule has 6 rings (SSSR count). The second kappa shape index (κ2) is 11.5. The summed E-state index contributed by atoms with van der Waals surface area (Å²) in [6.45, 7) is 23.3. The van der Waals surface area contributed by atoms with Gasteiger partial charge in [-0.3, -0.25) is 0 Å². The molecule has 0 aliphatic heterocycles. The van der Waals surface area contributed by atoms with Gasteiger partial charge >= 0.3 is 276 Å². The predicted molar refractivity (Wildman–Crippen MR) is 188 cm³/mol. The topological polar surface area (TPSA) is 0 Å². The quantitative estimate of drug-likeness (QED) is 0.181. The van der Waals surface area contributed by atoms with Crippen molar-refractivity contribution in [1.82, 2.24) is 0 Å². The van der Waals surface area contributed by atoms with Crippen molar-refractivity contribution in [2.24, 2.45) is 5.92 Å². The number of rotatable bonds is 4. The summed E-state index contributed by atoms with van der Waals surface area (Å²) in [7, 11) is 0. The Kier molecular flexibility index (Phi) is 8.12. The van der Waals surface area contributed by atoms with Gasteiger partial charge in [-0.05, 0) is 0 Å². The van der Waals surface area contributed by atoms with Crippen LogP contribution >= 0.6 is 0 Å². The third kappa shape index (κ3) is 5.90. The van der Waals surface area contributed by atoms with Crippen LogP contribution in [0.3, 0.4) is 0 Å². The first-order chi connectivity index (χ1) is 20.7. The first-order valence-corrected chi connectivity index (χ1v) is 20.0. The van der Waals surface area contributed by atoms with E-state index in [1.807, 2.05) is 0 Å². The van der Waals surface area contributed by atoms with E-state index in [1.54, 1.807) is 15.3 Å². The summed E-state index contributed by atoms with van der Waals surface area (Å²) >= 11 is -2.80. The molecule has 2 aliphatic rings. The molecule has 0 N–H and O–H groups in total. The average Bonchev–Trinajstić information content (AvgIpc) is 3.49. The van der Waals surface area contributed by atoms with Crippen LogP contribution in [0.25, 0.3) is 11.1 Å². The van der Waals surface area contributed by atoms with Crippen LogP contribution in [0, 0.1) is 19.8 Å². The molecule has 4 aromatic carbocycles. The van der Waals surface area contributed by atoms with E-state index < -0.39 is 21.3 Å². The van der Waals surface area contributed by atoms with Crippen LogP contribution in [-0.4, -0.2) is 3.21 Å². The van der Waals surface area contributed by atoms with Gasteiger partial charge in [0.1, 0.15) is 0 Å². The fourth-order valence-electron chi connectivity index (χ4n) is 6.94. The van der Waals surface area contributed by atoms with Gasteiger partial charge in [-0.15, -0.1) is 0 Å². The molecule has 1 unspecified atom stereocenters. The van der Waals surface area contributed by atoms with Gasteiger partial charge in [0, 0.05) is 0 Å². The SMILES string of the molecule is CC1=CC(C)[C]([Zr](=[C](c2ccc(C)cc2)c2ccc(C)cc2)[c]2cc(C(C)(C)C)cc3c2Cc2ccc(C(C)(C)C)cc2-3)=C1. The monoisotopic (exact) mass is 654 g/mol. The van der Waals surface area contributed by atoms with Gasteiger partial charge in [0.25, 0.3) is 0 Å². The Morgan fingerprint density at radius 1 is 0.659 bits per heavy atom. The van der Waals surface area contributed by atoms with Crippen LogP contribution in [0.1, 0.15) is 99.9 Å². The Hall–Kier alpha value is -2.89. The van der Waals surface area contributed by atoms with Crippen molar-refractivity contribution in [1.29, 1.82) is 0 Å². The fourth-order valence-corrected chi connectivity index (χ4v) is 15.6. The summed E-state index contributed by atoms with van der Waals surface area (Å²) in [5, 5.41) is 0. The second-order valence-corrected chi connectivity index (χ2v) is 21.2. The van der Waals surface area contributed by atoms with Gasteiger partial charge in [-0.25, -0.2) is 0 Å². The van der Waals surface area contributed by atoms with Gasteiger partial charge in [0.15, 0.2) is 0 Å². The summed E-state index contributed by atoms with van der Waals surface area (Å²) in [6, 6.07) is 31.3. The molecule has 0 spiro atoms. The molecule has 1 atom stereocenters. The molecule has 224 valence electrons. The Balaban J connectivity index is 1.75. The number of fused-ring (bicyclic) bond motifs is 3. The van der Waals surface area contributed by atoms with Crippen molar-refractivity contribution in [3.05, 3.63) is 144 Å². The van der Waals surface area contributed by atoms with Gasteiger partial charge in [-0.2, -0.15) is 0 Å². The normalized spacial score (nSPS) is 15.9. The van der Waals surface area contributed by atoms with Crippen LogP contribution in [-0.2, 0) is 38.5 Å². The van der Waals surface area contributed by atoms with E-state index in [1.165, 1.54) is 55.6 Å². The van der Waals surface area contributed by atoms with Crippen molar-refractivity contribution < 1.29 is 21.3 Å². The van der Waals surface area contributed by atoms with Crippen molar-refractivity contribution in [3.8, 4) is 11.1 Å². The molecule has 0 radical (unpaired) electrons. The zero-order chi connectivity index (χ0) is 31.6. The molecular weight excluding hydrogens is 608 g/mol. The maximum atomic E-state index is 2.66. The Morgan fingerprint density at radius 2 is 1.20 bits per heavy atom. The van der Waals surface area contributed by atoms with E-state index in [9.17, 15) is 0 Å². The van der Waals surface area contributed by atoms with Crippen molar-refractivity contribution in [2.45, 2.75) is 86.5 Å². The van der Waals surface area contributed by atoms with E-state index in [2.05, 4.69) is 160 Å². The first-order valence-electron chi connectivity index (χ1n) is 16.3. The second-order valence-electron chi connectivity index (χ2n) is 15.4. The molecular formula is C43H48Zr. The molecule has 0 saturated carbocycles. The summed E-state index contributed by atoms with van der Waals surface area (Å²) in [5.74, 6) is 0.459. The van der Waals surface area contributed by atoms with Crippen LogP contribution in [0.15, 0.2) is 99.9 Å². The van der Waals surface area contributed by atoms with Crippen LogP contribution in [0.4, 0.5) is 0 Å². The number of aryl methyl sites for hydroxylation is 2. The summed E-state index contributed by atoms with van der Waals surface area (Å²) in [6.07, 6.45) is 6.09. The summed E-state index contributed by atoms with van der Waals surface area (Å²) < 4.78 is 4.97. The van der Waals surface area contributed by atoms with Gasteiger partial charge in [0.2, 0.25) is 0 Å². The number of hydrogen-bond donors (Lipinski definition) is 0. The minimum atomic E-state index is -2.80. The number of benzene rings is 4. The standard InChI is InChI=1S/C21H25.C15H14.C7H9.Zr/c1-20(2,3)16-9-7-14-11-15-8-10-17(21(4,5)6)13-19(15)18(14)12-16;1-12-3-7-14(8-4-12)11-15-9-5-13(2)6-10-15;1-6-3-4-7(2)5-6;/h7,9-10,12-13H,11H2,1-6H3;3-10H,1-2H3;3,5,7H,1-2H3;. The molecule has 0 saturated heterocycles.